The molecule has 4 nitrogen and oxygen atoms in total. The number of halogens is 10. The molecule has 0 aliphatic carbocycles. The maximum atomic E-state index is 13.1. The van der Waals surface area contributed by atoms with E-state index in [2.05, 4.69) is 15.9 Å². The van der Waals surface area contributed by atoms with Crippen molar-refractivity contribution in [3.8, 4) is 5.69 Å². The third kappa shape index (κ3) is 3.95. The molecule has 14 heteroatoms. The van der Waals surface area contributed by atoms with Crippen LogP contribution >= 0.6 is 15.9 Å². The van der Waals surface area contributed by atoms with Crippen LogP contribution in [-0.2, 0) is 25.6 Å². The van der Waals surface area contributed by atoms with E-state index in [0.717, 1.165) is 0 Å². The summed E-state index contributed by atoms with van der Waals surface area (Å²) in [6, 6.07) is -0.00522. The first-order valence-electron chi connectivity index (χ1n) is 6.85. The second kappa shape index (κ2) is 6.67. The lowest BCUT2D eigenvalue weighted by Gasteiger charge is -2.19. The maximum absolute atomic E-state index is 13.1. The van der Waals surface area contributed by atoms with Gasteiger partial charge in [-0.1, -0.05) is 0 Å². The van der Waals surface area contributed by atoms with Crippen LogP contribution in [0.5, 0.6) is 0 Å². The van der Waals surface area contributed by atoms with E-state index in [0.29, 0.717) is 7.05 Å². The van der Waals surface area contributed by atoms with Crippen molar-refractivity contribution >= 4 is 15.9 Å². The van der Waals surface area contributed by atoms with E-state index in [1.54, 1.807) is 0 Å². The second-order valence-corrected chi connectivity index (χ2v) is 6.19. The zero-order valence-electron chi connectivity index (χ0n) is 13.2. The summed E-state index contributed by atoms with van der Waals surface area (Å²) in [5.41, 5.74) is -10.2. The van der Waals surface area contributed by atoms with Crippen molar-refractivity contribution in [1.29, 1.82) is 0 Å². The number of alkyl halides is 9. The van der Waals surface area contributed by atoms with E-state index < -0.39 is 56.8 Å². The lowest BCUT2D eigenvalue weighted by atomic mass is 10.1. The Morgan fingerprint density at radius 1 is 0.786 bits per heavy atom. The highest BCUT2D eigenvalue weighted by molar-refractivity contribution is 9.10. The van der Waals surface area contributed by atoms with E-state index in [4.69, 9.17) is 0 Å². The topological polar surface area (TPSA) is 44.0 Å². The zero-order chi connectivity index (χ0) is 21.8. The van der Waals surface area contributed by atoms with Gasteiger partial charge in [-0.3, -0.25) is 9.36 Å². The van der Waals surface area contributed by atoms with Crippen LogP contribution in [0.2, 0.25) is 0 Å². The number of hydrogen-bond acceptors (Lipinski definition) is 2. The smallest absolute Gasteiger partial charge is 0.292 e. The van der Waals surface area contributed by atoms with Crippen LogP contribution in [0.1, 0.15) is 16.8 Å². The van der Waals surface area contributed by atoms with Gasteiger partial charge in [-0.25, -0.2) is 9.36 Å². The molecule has 0 radical (unpaired) electrons. The molecule has 0 saturated carbocycles. The molecule has 2 aromatic rings. The molecule has 2 rings (SSSR count). The summed E-state index contributed by atoms with van der Waals surface area (Å²) in [7, 11) is 0.565. The first-order valence-corrected chi connectivity index (χ1v) is 7.64. The van der Waals surface area contributed by atoms with Gasteiger partial charge >= 0.3 is 24.2 Å². The Labute approximate surface area is 156 Å². The molecule has 1 aromatic heterocycles. The molecule has 0 N–H and O–H groups in total. The summed E-state index contributed by atoms with van der Waals surface area (Å²) in [5, 5.41) is 0. The van der Waals surface area contributed by atoms with Crippen LogP contribution in [0.15, 0.2) is 32.3 Å². The molecule has 1 heterocycles. The average molecular weight is 485 g/mol. The highest BCUT2D eigenvalue weighted by atomic mass is 79.9. The normalized spacial score (nSPS) is 13.1. The molecule has 0 unspecified atom stereocenters. The largest absolute Gasteiger partial charge is 0.431 e. The monoisotopic (exact) mass is 484 g/mol. The standard InChI is InChI=1S/C14H6BrF9N2O2/c1-25-8(14(22,23)24)4-9(27)26(11(25)28)5-2-6(12(16,17)18)10(15)7(3-5)13(19,20)21/h2-4H,1H3. The minimum Gasteiger partial charge on any atom is -0.292 e. The molecule has 0 spiro atoms. The van der Waals surface area contributed by atoms with Crippen molar-refractivity contribution in [2.45, 2.75) is 18.5 Å². The highest BCUT2D eigenvalue weighted by Gasteiger charge is 2.41. The van der Waals surface area contributed by atoms with Gasteiger partial charge in [0.1, 0.15) is 5.69 Å². The Morgan fingerprint density at radius 2 is 1.21 bits per heavy atom. The van der Waals surface area contributed by atoms with Gasteiger partial charge in [-0.2, -0.15) is 39.5 Å². The zero-order valence-corrected chi connectivity index (χ0v) is 14.8. The van der Waals surface area contributed by atoms with Gasteiger partial charge in [0.05, 0.1) is 16.8 Å². The summed E-state index contributed by atoms with van der Waals surface area (Å²) in [4.78, 5) is 24.1. The number of nitrogens with zero attached hydrogens (tertiary/aromatic N) is 2. The number of aromatic nitrogens is 2. The Morgan fingerprint density at radius 3 is 1.57 bits per heavy atom. The summed E-state index contributed by atoms with van der Waals surface area (Å²) >= 11 is 2.19. The van der Waals surface area contributed by atoms with E-state index in [1.807, 2.05) is 0 Å². The predicted molar refractivity (Wildman–Crippen MR) is 80.0 cm³/mol. The van der Waals surface area contributed by atoms with Crippen molar-refractivity contribution < 1.29 is 39.5 Å². The third-order valence-electron chi connectivity index (χ3n) is 3.54. The van der Waals surface area contributed by atoms with Crippen LogP contribution in [0.3, 0.4) is 0 Å². The molecule has 0 saturated heterocycles. The van der Waals surface area contributed by atoms with Crippen molar-refractivity contribution in [3.05, 3.63) is 60.3 Å². The van der Waals surface area contributed by atoms with E-state index >= 15 is 0 Å². The van der Waals surface area contributed by atoms with E-state index in [1.165, 1.54) is 0 Å². The third-order valence-corrected chi connectivity index (χ3v) is 4.39. The molecular weight excluding hydrogens is 479 g/mol. The van der Waals surface area contributed by atoms with Gasteiger partial charge in [-0.05, 0) is 28.1 Å². The van der Waals surface area contributed by atoms with Crippen LogP contribution in [-0.4, -0.2) is 9.13 Å². The van der Waals surface area contributed by atoms with E-state index in [-0.39, 0.29) is 27.3 Å². The maximum Gasteiger partial charge on any atom is 0.431 e. The molecule has 0 fully saturated rings. The number of benzene rings is 1. The second-order valence-electron chi connectivity index (χ2n) is 5.39. The number of rotatable bonds is 1. The predicted octanol–water partition coefficient (Wildman–Crippen LogP) is 4.36. The lowest BCUT2D eigenvalue weighted by Crippen LogP contribution is -2.41. The summed E-state index contributed by atoms with van der Waals surface area (Å²) < 4.78 is 115. The lowest BCUT2D eigenvalue weighted by molar-refractivity contribution is -0.145. The minimum absolute atomic E-state index is 0.0510. The van der Waals surface area contributed by atoms with E-state index in [9.17, 15) is 49.1 Å². The van der Waals surface area contributed by atoms with Crippen molar-refractivity contribution in [3.63, 3.8) is 0 Å². The fourth-order valence-corrected chi connectivity index (χ4v) is 2.96. The fourth-order valence-electron chi connectivity index (χ4n) is 2.29. The van der Waals surface area contributed by atoms with Gasteiger partial charge in [0.15, 0.2) is 0 Å². The van der Waals surface area contributed by atoms with Crippen molar-refractivity contribution in [2.75, 3.05) is 0 Å². The van der Waals surface area contributed by atoms with Crippen LogP contribution in [0.4, 0.5) is 39.5 Å². The Hall–Kier alpha value is -2.25. The molecule has 0 amide bonds. The molecule has 28 heavy (non-hydrogen) atoms. The van der Waals surface area contributed by atoms with Crippen LogP contribution < -0.4 is 11.2 Å². The first kappa shape index (κ1) is 22.0. The molecule has 154 valence electrons. The quantitative estimate of drug-likeness (QED) is 0.564. The fraction of sp³-hybridized carbons (Fsp3) is 0.286. The minimum atomic E-state index is -5.32. The molecule has 0 bridgehead atoms. The van der Waals surface area contributed by atoms with Crippen molar-refractivity contribution in [1.82, 2.24) is 9.13 Å². The van der Waals surface area contributed by atoms with Crippen LogP contribution in [0.25, 0.3) is 5.69 Å². The summed E-state index contributed by atoms with van der Waals surface area (Å²) in [6.45, 7) is 0. The van der Waals surface area contributed by atoms with Crippen LogP contribution in [0, 0.1) is 0 Å². The molecule has 0 aliphatic rings. The Bertz CT molecular complexity index is 1010. The summed E-state index contributed by atoms with van der Waals surface area (Å²) in [6.07, 6.45) is -15.8. The molecular formula is C14H6BrF9N2O2. The first-order chi connectivity index (χ1) is 12.5. The molecule has 0 aliphatic heterocycles. The number of hydrogen-bond donors (Lipinski definition) is 0. The SMILES string of the molecule is Cn1c(C(F)(F)F)cc(=O)n(-c2cc(C(F)(F)F)c(Br)c(C(F)(F)F)c2)c1=O. The molecule has 1 aromatic carbocycles. The highest BCUT2D eigenvalue weighted by Crippen LogP contribution is 2.43. The van der Waals surface area contributed by atoms with Gasteiger partial charge in [0.2, 0.25) is 0 Å². The van der Waals surface area contributed by atoms with Crippen molar-refractivity contribution in [2.24, 2.45) is 7.05 Å². The van der Waals surface area contributed by atoms with Gasteiger partial charge in [-0.15, -0.1) is 0 Å². The van der Waals surface area contributed by atoms with Gasteiger partial charge in [0, 0.05) is 17.6 Å². The van der Waals surface area contributed by atoms with Gasteiger partial charge in [0.25, 0.3) is 5.56 Å². The van der Waals surface area contributed by atoms with Gasteiger partial charge < -0.3 is 0 Å². The Kier molecular flexibility index (Phi) is 5.25. The Balaban J connectivity index is 2.96. The average Bonchev–Trinajstić information content (AvgIpc) is 2.48. The summed E-state index contributed by atoms with van der Waals surface area (Å²) in [5.74, 6) is 0. The molecule has 0 atom stereocenters.